The van der Waals surface area contributed by atoms with Crippen LogP contribution in [0.2, 0.25) is 0 Å². The number of amides is 3. The number of hydrogen-bond donors (Lipinski definition) is 4. The molecule has 1 aliphatic rings. The van der Waals surface area contributed by atoms with Gasteiger partial charge < -0.3 is 16.0 Å². The van der Waals surface area contributed by atoms with E-state index in [1.807, 2.05) is 44.2 Å². The fraction of sp³-hybridized carbons (Fsp3) is 0.625. The average molecular weight is 463 g/mol. The summed E-state index contributed by atoms with van der Waals surface area (Å²) in [6.07, 6.45) is 6.43. The van der Waals surface area contributed by atoms with Crippen molar-refractivity contribution < 1.29 is 14.4 Å². The molecule has 0 aliphatic heterocycles. The summed E-state index contributed by atoms with van der Waals surface area (Å²) in [6, 6.07) is 8.16. The second kappa shape index (κ2) is 12.9. The molecule has 0 spiro atoms. The molecule has 0 aromatic heterocycles. The minimum atomic E-state index is -0.766. The molecule has 1 fully saturated rings. The number of nitrogens with one attached hydrogen (secondary N) is 4. The maximum absolute atomic E-state index is 13.1. The van der Waals surface area contributed by atoms with E-state index in [1.165, 1.54) is 6.42 Å². The summed E-state index contributed by atoms with van der Waals surface area (Å²) in [6.45, 7) is 4.15. The Kier molecular flexibility index (Phi) is 10.6. The summed E-state index contributed by atoms with van der Waals surface area (Å²) in [5, 5.41) is 11.6. The number of rotatable bonds is 11. The predicted molar refractivity (Wildman–Crippen MR) is 131 cm³/mol. The third kappa shape index (κ3) is 8.87. The first-order chi connectivity index (χ1) is 15.2. The van der Waals surface area contributed by atoms with Crippen LogP contribution in [0.15, 0.2) is 30.3 Å². The summed E-state index contributed by atoms with van der Waals surface area (Å²) >= 11 is 0. The van der Waals surface area contributed by atoms with E-state index < -0.39 is 12.1 Å². The summed E-state index contributed by atoms with van der Waals surface area (Å²) in [5.74, 6) is -0.581. The molecule has 3 atom stereocenters. The van der Waals surface area contributed by atoms with Crippen molar-refractivity contribution in [3.05, 3.63) is 35.9 Å². The molecule has 2 rings (SSSR count). The zero-order chi connectivity index (χ0) is 23.6. The van der Waals surface area contributed by atoms with Crippen molar-refractivity contribution in [3.63, 3.8) is 0 Å². The normalized spacial score (nSPS) is 17.3. The summed E-state index contributed by atoms with van der Waals surface area (Å²) in [5.41, 5.74) is 0.941. The zero-order valence-corrected chi connectivity index (χ0v) is 20.7. The first-order valence-electron chi connectivity index (χ1n) is 11.6. The molecule has 7 nitrogen and oxygen atoms in total. The van der Waals surface area contributed by atoms with Gasteiger partial charge in [0.2, 0.25) is 17.7 Å². The number of hydrogen-bond acceptors (Lipinski definition) is 4. The molecule has 3 amide bonds. The van der Waals surface area contributed by atoms with E-state index >= 15 is 0 Å². The van der Waals surface area contributed by atoms with E-state index in [4.69, 9.17) is 0 Å². The minimum Gasteiger partial charge on any atom is -0.357 e. The van der Waals surface area contributed by atoms with Crippen molar-refractivity contribution in [2.24, 2.45) is 5.92 Å². The van der Waals surface area contributed by atoms with Gasteiger partial charge in [-0.3, -0.25) is 19.7 Å². The molecule has 0 heterocycles. The van der Waals surface area contributed by atoms with Crippen LogP contribution in [0.5, 0.6) is 0 Å². The van der Waals surface area contributed by atoms with Gasteiger partial charge in [0, 0.05) is 18.7 Å². The predicted octanol–water partition coefficient (Wildman–Crippen LogP) is 2.12. The first kappa shape index (κ1) is 26.3. The maximum Gasteiger partial charge on any atom is 0.243 e. The van der Waals surface area contributed by atoms with Crippen LogP contribution < -0.4 is 21.3 Å². The Labute approximate surface area is 194 Å². The largest absolute Gasteiger partial charge is 0.357 e. The van der Waals surface area contributed by atoms with Gasteiger partial charge in [-0.05, 0) is 30.7 Å². The van der Waals surface area contributed by atoms with Gasteiger partial charge in [0.25, 0.3) is 0 Å². The quantitative estimate of drug-likeness (QED) is 0.379. The molecule has 0 saturated heterocycles. The van der Waals surface area contributed by atoms with Crippen LogP contribution in [0.3, 0.4) is 0 Å². The molecule has 0 radical (unpaired) electrons. The third-order valence-corrected chi connectivity index (χ3v) is 6.65. The summed E-state index contributed by atoms with van der Waals surface area (Å²) in [4.78, 5) is 38.2. The number of benzene rings is 1. The molecule has 178 valence electrons. The van der Waals surface area contributed by atoms with Gasteiger partial charge in [0.15, 0.2) is 0 Å². The molecule has 3 unspecified atom stereocenters. The summed E-state index contributed by atoms with van der Waals surface area (Å²) in [7, 11) is 4.42. The lowest BCUT2D eigenvalue weighted by molar-refractivity contribution is -0.132. The third-order valence-electron chi connectivity index (χ3n) is 5.87. The second-order valence-electron chi connectivity index (χ2n) is 9.19. The maximum atomic E-state index is 13.1. The van der Waals surface area contributed by atoms with Crippen molar-refractivity contribution in [3.8, 4) is 0 Å². The van der Waals surface area contributed by atoms with Crippen LogP contribution >= 0.6 is 9.24 Å². The van der Waals surface area contributed by atoms with Crippen LogP contribution in [0.25, 0.3) is 0 Å². The Morgan fingerprint density at radius 3 is 2.22 bits per heavy atom. The Balaban J connectivity index is 2.06. The van der Waals surface area contributed by atoms with Crippen LogP contribution in [0, 0.1) is 5.92 Å². The van der Waals surface area contributed by atoms with Gasteiger partial charge in [-0.25, -0.2) is 0 Å². The van der Waals surface area contributed by atoms with E-state index in [-0.39, 0.29) is 35.5 Å². The van der Waals surface area contributed by atoms with Gasteiger partial charge in [-0.2, -0.15) is 0 Å². The highest BCUT2D eigenvalue weighted by Gasteiger charge is 2.29. The fourth-order valence-corrected chi connectivity index (χ4v) is 4.58. The molecule has 32 heavy (non-hydrogen) atoms. The van der Waals surface area contributed by atoms with E-state index in [0.717, 1.165) is 31.2 Å². The molecular formula is C24H39N4O3P. The SMILES string of the molecule is CNC(=O)C(CC(C)C)NC(=O)C(Cc1ccccc1)NC(=O)CNC1(P)CCCCC1. The zero-order valence-electron chi connectivity index (χ0n) is 19.6. The topological polar surface area (TPSA) is 99.3 Å². The van der Waals surface area contributed by atoms with E-state index in [1.54, 1.807) is 7.05 Å². The van der Waals surface area contributed by atoms with Crippen LogP contribution in [-0.2, 0) is 20.8 Å². The number of carbonyl (C=O) groups excluding carboxylic acids is 3. The van der Waals surface area contributed by atoms with Crippen molar-refractivity contribution >= 4 is 27.0 Å². The van der Waals surface area contributed by atoms with E-state index in [0.29, 0.717) is 12.8 Å². The Morgan fingerprint density at radius 2 is 1.62 bits per heavy atom. The minimum absolute atomic E-state index is 0.117. The molecule has 1 saturated carbocycles. The molecular weight excluding hydrogens is 423 g/mol. The van der Waals surface area contributed by atoms with Crippen LogP contribution in [-0.4, -0.2) is 48.7 Å². The lowest BCUT2D eigenvalue weighted by Crippen LogP contribution is -2.56. The van der Waals surface area contributed by atoms with Crippen molar-refractivity contribution in [2.75, 3.05) is 13.6 Å². The highest BCUT2D eigenvalue weighted by Crippen LogP contribution is 2.33. The van der Waals surface area contributed by atoms with Gasteiger partial charge >= 0.3 is 0 Å². The lowest BCUT2D eigenvalue weighted by Gasteiger charge is -2.34. The van der Waals surface area contributed by atoms with Crippen LogP contribution in [0.1, 0.15) is 57.9 Å². The van der Waals surface area contributed by atoms with Crippen molar-refractivity contribution in [1.82, 2.24) is 21.3 Å². The standard InChI is InChI=1S/C24H39N4O3P/c1-17(2)14-19(22(30)25-3)28-23(31)20(15-18-10-6-4-7-11-18)27-21(29)16-26-24(32)12-8-5-9-13-24/h4,6-7,10-11,17,19-20,26H,5,8-9,12-16,32H2,1-3H3,(H,25,30)(H,27,29)(H,28,31). The Hall–Kier alpha value is -1.98. The van der Waals surface area contributed by atoms with Crippen LogP contribution in [0.4, 0.5) is 0 Å². The van der Waals surface area contributed by atoms with Gasteiger partial charge in [-0.15, -0.1) is 9.24 Å². The first-order valence-corrected chi connectivity index (χ1v) is 12.2. The van der Waals surface area contributed by atoms with E-state index in [2.05, 4.69) is 30.5 Å². The van der Waals surface area contributed by atoms with Crippen molar-refractivity contribution in [2.45, 2.75) is 76.2 Å². The average Bonchev–Trinajstić information content (AvgIpc) is 2.77. The second-order valence-corrected chi connectivity index (χ2v) is 10.3. The number of likely N-dealkylation sites (N-methyl/N-ethyl adjacent to an activating group) is 1. The molecule has 8 heteroatoms. The highest BCUT2D eigenvalue weighted by atomic mass is 31.0. The van der Waals surface area contributed by atoms with Gasteiger partial charge in [-0.1, -0.05) is 63.4 Å². The van der Waals surface area contributed by atoms with Gasteiger partial charge in [0.05, 0.1) is 6.54 Å². The molecule has 0 bridgehead atoms. The highest BCUT2D eigenvalue weighted by molar-refractivity contribution is 7.18. The van der Waals surface area contributed by atoms with Gasteiger partial charge in [0.1, 0.15) is 12.1 Å². The molecule has 4 N–H and O–H groups in total. The molecule has 1 aromatic carbocycles. The fourth-order valence-electron chi connectivity index (χ4n) is 4.07. The molecule has 1 aromatic rings. The molecule has 1 aliphatic carbocycles. The number of carbonyl (C=O) groups is 3. The van der Waals surface area contributed by atoms with E-state index in [9.17, 15) is 14.4 Å². The Morgan fingerprint density at radius 1 is 0.969 bits per heavy atom. The monoisotopic (exact) mass is 462 g/mol. The lowest BCUT2D eigenvalue weighted by atomic mass is 9.94. The van der Waals surface area contributed by atoms with Crippen molar-refractivity contribution in [1.29, 1.82) is 0 Å². The smallest absolute Gasteiger partial charge is 0.243 e. The Bertz CT molecular complexity index is 751. The summed E-state index contributed by atoms with van der Waals surface area (Å²) < 4.78 is 0.